The van der Waals surface area contributed by atoms with Crippen LogP contribution in [0, 0.1) is 18.3 Å². The first-order valence-electron chi connectivity index (χ1n) is 5.10. The Balaban J connectivity index is 2.64. The number of aryl methyl sites for hydroxylation is 1. The lowest BCUT2D eigenvalue weighted by Crippen LogP contribution is -1.88. The second-order valence-electron chi connectivity index (χ2n) is 3.62. The van der Waals surface area contributed by atoms with Crippen LogP contribution in [0.15, 0.2) is 24.3 Å². The average molecular weight is 244 g/mol. The van der Waals surface area contributed by atoms with Crippen LogP contribution < -0.4 is 10.5 Å². The van der Waals surface area contributed by atoms with E-state index in [1.807, 2.05) is 31.2 Å². The zero-order chi connectivity index (χ0) is 12.4. The molecular weight excluding hydrogens is 232 g/mol. The topological polar surface area (TPSA) is 59.0 Å². The van der Waals surface area contributed by atoms with Crippen LogP contribution >= 0.6 is 11.3 Å². The van der Waals surface area contributed by atoms with Crippen LogP contribution in [0.5, 0.6) is 5.75 Å². The number of methoxy groups -OCH3 is 1. The quantitative estimate of drug-likeness (QED) is 0.882. The summed E-state index contributed by atoms with van der Waals surface area (Å²) in [6.07, 6.45) is 0. The molecule has 0 saturated carbocycles. The maximum Gasteiger partial charge on any atom is 0.119 e. The van der Waals surface area contributed by atoms with Crippen LogP contribution in [0.1, 0.15) is 10.4 Å². The molecule has 0 aliphatic carbocycles. The van der Waals surface area contributed by atoms with Crippen molar-refractivity contribution in [2.75, 3.05) is 12.8 Å². The van der Waals surface area contributed by atoms with Gasteiger partial charge in [-0.15, -0.1) is 11.3 Å². The van der Waals surface area contributed by atoms with E-state index in [-0.39, 0.29) is 0 Å². The number of benzene rings is 1. The van der Waals surface area contributed by atoms with Crippen LogP contribution in [-0.2, 0) is 0 Å². The third-order valence-electron chi connectivity index (χ3n) is 2.58. The largest absolute Gasteiger partial charge is 0.497 e. The lowest BCUT2D eigenvalue weighted by Gasteiger charge is -2.04. The van der Waals surface area contributed by atoms with E-state index in [0.29, 0.717) is 10.6 Å². The Morgan fingerprint density at radius 2 is 2.18 bits per heavy atom. The van der Waals surface area contributed by atoms with Crippen molar-refractivity contribution in [1.29, 1.82) is 5.26 Å². The highest BCUT2D eigenvalue weighted by atomic mass is 32.1. The van der Waals surface area contributed by atoms with Gasteiger partial charge in [-0.1, -0.05) is 12.1 Å². The molecule has 1 aromatic heterocycles. The summed E-state index contributed by atoms with van der Waals surface area (Å²) < 4.78 is 5.19. The Morgan fingerprint density at radius 1 is 1.41 bits per heavy atom. The first kappa shape index (κ1) is 11.5. The van der Waals surface area contributed by atoms with E-state index in [9.17, 15) is 0 Å². The van der Waals surface area contributed by atoms with Crippen molar-refractivity contribution in [3.63, 3.8) is 0 Å². The van der Waals surface area contributed by atoms with Crippen LogP contribution in [-0.4, -0.2) is 7.11 Å². The molecule has 0 radical (unpaired) electrons. The lowest BCUT2D eigenvalue weighted by molar-refractivity contribution is 0.415. The molecule has 0 bridgehead atoms. The summed E-state index contributed by atoms with van der Waals surface area (Å²) in [5.41, 5.74) is 8.26. The molecule has 17 heavy (non-hydrogen) atoms. The Bertz CT molecular complexity index is 596. The maximum atomic E-state index is 9.15. The van der Waals surface area contributed by atoms with Crippen molar-refractivity contribution in [1.82, 2.24) is 0 Å². The highest BCUT2D eigenvalue weighted by Gasteiger charge is 2.15. The maximum absolute atomic E-state index is 9.15. The molecule has 2 aromatic rings. The van der Waals surface area contributed by atoms with Crippen molar-refractivity contribution in [3.05, 3.63) is 34.7 Å². The summed E-state index contributed by atoms with van der Waals surface area (Å²) in [4.78, 5) is 1.05. The molecule has 4 heteroatoms. The summed E-state index contributed by atoms with van der Waals surface area (Å²) >= 11 is 1.44. The number of nitriles is 1. The first-order chi connectivity index (χ1) is 8.17. The van der Waals surface area contributed by atoms with Crippen molar-refractivity contribution >= 4 is 16.3 Å². The molecule has 2 N–H and O–H groups in total. The van der Waals surface area contributed by atoms with Gasteiger partial charge in [0.1, 0.15) is 16.8 Å². The second kappa shape index (κ2) is 4.48. The van der Waals surface area contributed by atoms with Gasteiger partial charge in [0.25, 0.3) is 0 Å². The van der Waals surface area contributed by atoms with Gasteiger partial charge in [0, 0.05) is 10.4 Å². The summed E-state index contributed by atoms with van der Waals surface area (Å²) in [5, 5.41) is 9.72. The van der Waals surface area contributed by atoms with Gasteiger partial charge in [-0.05, 0) is 24.6 Å². The molecule has 0 amide bonds. The minimum Gasteiger partial charge on any atom is -0.497 e. The van der Waals surface area contributed by atoms with Gasteiger partial charge in [-0.3, -0.25) is 0 Å². The number of hydrogen-bond acceptors (Lipinski definition) is 4. The smallest absolute Gasteiger partial charge is 0.119 e. The average Bonchev–Trinajstić information content (AvgIpc) is 2.63. The number of thiophene rings is 1. The van der Waals surface area contributed by atoms with E-state index in [2.05, 4.69) is 6.07 Å². The fraction of sp³-hybridized carbons (Fsp3) is 0.154. The van der Waals surface area contributed by atoms with Gasteiger partial charge in [0.15, 0.2) is 0 Å². The molecule has 2 rings (SSSR count). The number of hydrogen-bond donors (Lipinski definition) is 1. The normalized spacial score (nSPS) is 9.94. The second-order valence-corrected chi connectivity index (χ2v) is 4.87. The van der Waals surface area contributed by atoms with E-state index in [0.717, 1.165) is 21.8 Å². The highest BCUT2D eigenvalue weighted by molar-refractivity contribution is 7.16. The molecule has 0 saturated heterocycles. The van der Waals surface area contributed by atoms with Gasteiger partial charge < -0.3 is 10.5 Å². The fourth-order valence-corrected chi connectivity index (χ4v) is 2.71. The van der Waals surface area contributed by atoms with Gasteiger partial charge in [-0.2, -0.15) is 5.26 Å². The van der Waals surface area contributed by atoms with E-state index in [1.165, 1.54) is 11.3 Å². The monoisotopic (exact) mass is 244 g/mol. The lowest BCUT2D eigenvalue weighted by atomic mass is 10.0. The van der Waals surface area contributed by atoms with Crippen LogP contribution in [0.2, 0.25) is 0 Å². The molecule has 0 fully saturated rings. The number of nitrogens with zero attached hydrogens (tertiary/aromatic N) is 1. The summed E-state index contributed by atoms with van der Waals surface area (Å²) in [6, 6.07) is 9.81. The predicted molar refractivity (Wildman–Crippen MR) is 70.2 cm³/mol. The Kier molecular flexibility index (Phi) is 3.03. The Labute approximate surface area is 104 Å². The third kappa shape index (κ3) is 1.97. The number of ether oxygens (including phenoxy) is 1. The minimum atomic E-state index is 0.556. The highest BCUT2D eigenvalue weighted by Crippen LogP contribution is 2.38. The van der Waals surface area contributed by atoms with Crippen LogP contribution in [0.3, 0.4) is 0 Å². The summed E-state index contributed by atoms with van der Waals surface area (Å²) in [5.74, 6) is 0.774. The fourth-order valence-electron chi connectivity index (χ4n) is 1.80. The zero-order valence-electron chi connectivity index (χ0n) is 9.65. The first-order valence-corrected chi connectivity index (χ1v) is 5.92. The summed E-state index contributed by atoms with van der Waals surface area (Å²) in [7, 11) is 1.62. The minimum absolute atomic E-state index is 0.556. The van der Waals surface area contributed by atoms with Crippen molar-refractivity contribution in [2.24, 2.45) is 0 Å². The van der Waals surface area contributed by atoms with Gasteiger partial charge in [0.05, 0.1) is 12.7 Å². The molecule has 86 valence electrons. The van der Waals surface area contributed by atoms with E-state index < -0.39 is 0 Å². The molecule has 0 spiro atoms. The number of anilines is 1. The molecule has 0 unspecified atom stereocenters. The van der Waals surface area contributed by atoms with Crippen molar-refractivity contribution in [3.8, 4) is 22.9 Å². The number of nitrogen functional groups attached to an aromatic ring is 1. The molecule has 0 aliphatic rings. The Morgan fingerprint density at radius 3 is 2.82 bits per heavy atom. The van der Waals surface area contributed by atoms with Crippen LogP contribution in [0.25, 0.3) is 11.1 Å². The molecule has 0 atom stereocenters. The van der Waals surface area contributed by atoms with E-state index in [1.54, 1.807) is 7.11 Å². The molecular formula is C13H12N2OS. The SMILES string of the molecule is COc1cccc(-c2c(C)sc(N)c2C#N)c1. The van der Waals surface area contributed by atoms with Gasteiger partial charge in [0.2, 0.25) is 0 Å². The van der Waals surface area contributed by atoms with E-state index in [4.69, 9.17) is 15.7 Å². The van der Waals surface area contributed by atoms with Crippen molar-refractivity contribution in [2.45, 2.75) is 6.92 Å². The van der Waals surface area contributed by atoms with Gasteiger partial charge in [-0.25, -0.2) is 0 Å². The van der Waals surface area contributed by atoms with E-state index >= 15 is 0 Å². The molecule has 0 aliphatic heterocycles. The Hall–Kier alpha value is -1.99. The molecule has 3 nitrogen and oxygen atoms in total. The third-order valence-corrected chi connectivity index (χ3v) is 3.52. The predicted octanol–water partition coefficient (Wildman–Crippen LogP) is 3.19. The van der Waals surface area contributed by atoms with Crippen LogP contribution in [0.4, 0.5) is 5.00 Å². The molecule has 1 heterocycles. The van der Waals surface area contributed by atoms with Gasteiger partial charge >= 0.3 is 0 Å². The number of nitrogens with two attached hydrogens (primary N) is 1. The number of rotatable bonds is 2. The van der Waals surface area contributed by atoms with Crippen molar-refractivity contribution < 1.29 is 4.74 Å². The molecule has 1 aromatic carbocycles. The summed E-state index contributed by atoms with van der Waals surface area (Å²) in [6.45, 7) is 1.97. The zero-order valence-corrected chi connectivity index (χ0v) is 10.5. The standard InChI is InChI=1S/C13H12N2OS/c1-8-12(11(7-14)13(15)17-8)9-4-3-5-10(6-9)16-2/h3-6H,15H2,1-2H3.